The van der Waals surface area contributed by atoms with Gasteiger partial charge < -0.3 is 14.8 Å². The zero-order valence-electron chi connectivity index (χ0n) is 15.2. The number of carbonyl (C=O) groups excluding carboxylic acids is 1. The van der Waals surface area contributed by atoms with Gasteiger partial charge in [-0.05, 0) is 48.9 Å². The number of hydrogen-bond acceptors (Lipinski definition) is 4. The van der Waals surface area contributed by atoms with Crippen molar-refractivity contribution in [1.82, 2.24) is 0 Å². The number of anilines is 1. The first-order chi connectivity index (χ1) is 13.5. The number of benzene rings is 2. The molecule has 7 heteroatoms. The van der Waals surface area contributed by atoms with Gasteiger partial charge in [0.1, 0.15) is 18.2 Å². The molecule has 0 heterocycles. The van der Waals surface area contributed by atoms with Crippen LogP contribution in [-0.4, -0.2) is 19.1 Å². The molecular weight excluding hydrogens is 444 g/mol. The zero-order valence-corrected chi connectivity index (χ0v) is 17.5. The van der Waals surface area contributed by atoms with Crippen LogP contribution in [-0.2, 0) is 4.79 Å². The standard InChI is InChI=1S/C21H18BrClN2O3/c1-3-8-28-20-12-18(22)14(10-19(20)27-4-2)9-15(13-24)21(26)25-17-7-5-6-16(23)11-17/h3,5-7,9-12H,1,4,8H2,2H3,(H,25,26)/b15-9+. The van der Waals surface area contributed by atoms with Gasteiger partial charge in [-0.1, -0.05) is 46.3 Å². The molecule has 0 bridgehead atoms. The highest BCUT2D eigenvalue weighted by Crippen LogP contribution is 2.35. The van der Waals surface area contributed by atoms with Crippen LogP contribution in [0, 0.1) is 11.3 Å². The zero-order chi connectivity index (χ0) is 20.5. The van der Waals surface area contributed by atoms with E-state index in [2.05, 4.69) is 27.8 Å². The summed E-state index contributed by atoms with van der Waals surface area (Å²) in [7, 11) is 0. The van der Waals surface area contributed by atoms with Gasteiger partial charge in [0.15, 0.2) is 11.5 Å². The van der Waals surface area contributed by atoms with Crippen LogP contribution in [0.3, 0.4) is 0 Å². The van der Waals surface area contributed by atoms with E-state index < -0.39 is 5.91 Å². The average Bonchev–Trinajstić information content (AvgIpc) is 2.66. The molecule has 2 aromatic carbocycles. The summed E-state index contributed by atoms with van der Waals surface area (Å²) in [6.45, 7) is 6.25. The Kier molecular flexibility index (Phi) is 8.12. The van der Waals surface area contributed by atoms with Gasteiger partial charge >= 0.3 is 0 Å². The minimum atomic E-state index is -0.540. The van der Waals surface area contributed by atoms with Crippen molar-refractivity contribution in [2.24, 2.45) is 0 Å². The molecule has 0 saturated carbocycles. The lowest BCUT2D eigenvalue weighted by molar-refractivity contribution is -0.112. The van der Waals surface area contributed by atoms with Gasteiger partial charge in [-0.25, -0.2) is 0 Å². The van der Waals surface area contributed by atoms with E-state index in [1.807, 2.05) is 13.0 Å². The van der Waals surface area contributed by atoms with Crippen molar-refractivity contribution in [2.75, 3.05) is 18.5 Å². The lowest BCUT2D eigenvalue weighted by Gasteiger charge is -2.13. The molecule has 0 aliphatic carbocycles. The number of nitrogens with zero attached hydrogens (tertiary/aromatic N) is 1. The van der Waals surface area contributed by atoms with Crippen LogP contribution in [0.5, 0.6) is 11.5 Å². The van der Waals surface area contributed by atoms with Gasteiger partial charge in [-0.3, -0.25) is 4.79 Å². The normalized spacial score (nSPS) is 10.7. The second-order valence-electron chi connectivity index (χ2n) is 5.49. The van der Waals surface area contributed by atoms with Crippen molar-refractivity contribution >= 4 is 45.2 Å². The van der Waals surface area contributed by atoms with Crippen molar-refractivity contribution in [3.8, 4) is 17.6 Å². The van der Waals surface area contributed by atoms with Crippen LogP contribution in [0.2, 0.25) is 5.02 Å². The van der Waals surface area contributed by atoms with E-state index in [4.69, 9.17) is 21.1 Å². The molecule has 0 spiro atoms. The molecule has 2 aromatic rings. The third-order valence-electron chi connectivity index (χ3n) is 3.47. The van der Waals surface area contributed by atoms with E-state index in [-0.39, 0.29) is 5.57 Å². The minimum Gasteiger partial charge on any atom is -0.490 e. The van der Waals surface area contributed by atoms with E-state index in [0.717, 1.165) is 0 Å². The Hall–Kier alpha value is -2.75. The van der Waals surface area contributed by atoms with Crippen LogP contribution < -0.4 is 14.8 Å². The monoisotopic (exact) mass is 460 g/mol. The van der Waals surface area contributed by atoms with E-state index >= 15 is 0 Å². The lowest BCUT2D eigenvalue weighted by Crippen LogP contribution is -2.13. The Labute approximate surface area is 177 Å². The number of nitriles is 1. The van der Waals surface area contributed by atoms with Crippen LogP contribution in [0.4, 0.5) is 5.69 Å². The molecule has 5 nitrogen and oxygen atoms in total. The van der Waals surface area contributed by atoms with E-state index in [1.54, 1.807) is 42.5 Å². The van der Waals surface area contributed by atoms with Crippen LogP contribution >= 0.6 is 27.5 Å². The van der Waals surface area contributed by atoms with E-state index in [1.165, 1.54) is 6.08 Å². The number of hydrogen-bond donors (Lipinski definition) is 1. The number of rotatable bonds is 8. The number of halogens is 2. The fourth-order valence-electron chi connectivity index (χ4n) is 2.26. The molecule has 0 radical (unpaired) electrons. The largest absolute Gasteiger partial charge is 0.490 e. The highest BCUT2D eigenvalue weighted by atomic mass is 79.9. The number of ether oxygens (including phenoxy) is 2. The molecule has 28 heavy (non-hydrogen) atoms. The SMILES string of the molecule is C=CCOc1cc(Br)c(/C=C(\C#N)C(=O)Nc2cccc(Cl)c2)cc1OCC. The highest BCUT2D eigenvalue weighted by molar-refractivity contribution is 9.10. The Bertz CT molecular complexity index is 951. The summed E-state index contributed by atoms with van der Waals surface area (Å²) < 4.78 is 11.9. The Balaban J connectivity index is 2.34. The fourth-order valence-corrected chi connectivity index (χ4v) is 2.89. The van der Waals surface area contributed by atoms with Gasteiger partial charge in [0, 0.05) is 15.2 Å². The topological polar surface area (TPSA) is 71.3 Å². The smallest absolute Gasteiger partial charge is 0.266 e. The van der Waals surface area contributed by atoms with Crippen LogP contribution in [0.25, 0.3) is 6.08 Å². The third kappa shape index (κ3) is 5.88. The van der Waals surface area contributed by atoms with Gasteiger partial charge in [-0.15, -0.1) is 0 Å². The second-order valence-corrected chi connectivity index (χ2v) is 6.78. The van der Waals surface area contributed by atoms with Gasteiger partial charge in [0.05, 0.1) is 6.61 Å². The highest BCUT2D eigenvalue weighted by Gasteiger charge is 2.14. The fraction of sp³-hybridized carbons (Fsp3) is 0.143. The van der Waals surface area contributed by atoms with E-state index in [9.17, 15) is 10.1 Å². The van der Waals surface area contributed by atoms with Crippen molar-refractivity contribution < 1.29 is 14.3 Å². The lowest BCUT2D eigenvalue weighted by atomic mass is 10.1. The average molecular weight is 462 g/mol. The summed E-state index contributed by atoms with van der Waals surface area (Å²) in [6.07, 6.45) is 3.11. The third-order valence-corrected chi connectivity index (χ3v) is 4.39. The molecule has 0 atom stereocenters. The van der Waals surface area contributed by atoms with Crippen molar-refractivity contribution in [3.63, 3.8) is 0 Å². The summed E-state index contributed by atoms with van der Waals surface area (Å²) >= 11 is 9.36. The number of carbonyl (C=O) groups is 1. The summed E-state index contributed by atoms with van der Waals surface area (Å²) in [5.74, 6) is 0.501. The first kappa shape index (κ1) is 21.5. The van der Waals surface area contributed by atoms with E-state index in [0.29, 0.717) is 45.5 Å². The van der Waals surface area contributed by atoms with Crippen molar-refractivity contribution in [3.05, 3.63) is 69.7 Å². The first-order valence-corrected chi connectivity index (χ1v) is 9.54. The molecular formula is C21H18BrClN2O3. The molecule has 0 aromatic heterocycles. The maximum absolute atomic E-state index is 12.5. The molecule has 1 amide bonds. The quantitative estimate of drug-likeness (QED) is 0.315. The molecule has 144 valence electrons. The summed E-state index contributed by atoms with van der Waals surface area (Å²) in [5, 5.41) is 12.6. The molecule has 0 unspecified atom stereocenters. The summed E-state index contributed by atoms with van der Waals surface area (Å²) in [4.78, 5) is 12.5. The van der Waals surface area contributed by atoms with Crippen molar-refractivity contribution in [2.45, 2.75) is 6.92 Å². The molecule has 1 N–H and O–H groups in total. The molecule has 0 saturated heterocycles. The summed E-state index contributed by atoms with van der Waals surface area (Å²) in [6, 6.07) is 12.0. The Morgan fingerprint density at radius 1 is 1.32 bits per heavy atom. The van der Waals surface area contributed by atoms with Gasteiger partial charge in [0.2, 0.25) is 0 Å². The maximum Gasteiger partial charge on any atom is 0.266 e. The molecule has 0 aliphatic heterocycles. The van der Waals surface area contributed by atoms with Crippen LogP contribution in [0.15, 0.2) is 59.1 Å². The number of amides is 1. The summed E-state index contributed by atoms with van der Waals surface area (Å²) in [5.41, 5.74) is 1.04. The van der Waals surface area contributed by atoms with Gasteiger partial charge in [-0.2, -0.15) is 5.26 Å². The predicted molar refractivity (Wildman–Crippen MR) is 115 cm³/mol. The molecule has 2 rings (SSSR count). The first-order valence-electron chi connectivity index (χ1n) is 8.37. The van der Waals surface area contributed by atoms with Crippen molar-refractivity contribution in [1.29, 1.82) is 5.26 Å². The Morgan fingerprint density at radius 3 is 2.71 bits per heavy atom. The van der Waals surface area contributed by atoms with Crippen LogP contribution in [0.1, 0.15) is 12.5 Å². The molecule has 0 aliphatic rings. The second kappa shape index (κ2) is 10.5. The Morgan fingerprint density at radius 2 is 2.07 bits per heavy atom. The predicted octanol–water partition coefficient (Wildman–Crippen LogP) is 5.61. The van der Waals surface area contributed by atoms with Gasteiger partial charge in [0.25, 0.3) is 5.91 Å². The number of nitrogens with one attached hydrogen (secondary N) is 1. The minimum absolute atomic E-state index is 0.0668. The molecule has 0 fully saturated rings. The maximum atomic E-state index is 12.5.